The van der Waals surface area contributed by atoms with Crippen molar-refractivity contribution >= 4 is 5.91 Å². The van der Waals surface area contributed by atoms with Gasteiger partial charge in [0.05, 0.1) is 11.6 Å². The Morgan fingerprint density at radius 2 is 2.11 bits per heavy atom. The fourth-order valence-electron chi connectivity index (χ4n) is 1.15. The molecular weight excluding hydrogens is 252 g/mol. The number of nitriles is 1. The molecule has 0 spiro atoms. The number of carbonyl (C=O) groups excluding carboxylic acids is 1. The van der Waals surface area contributed by atoms with E-state index in [1.54, 1.807) is 5.32 Å². The van der Waals surface area contributed by atoms with E-state index in [0.29, 0.717) is 5.56 Å². The highest BCUT2D eigenvalue weighted by Gasteiger charge is 2.48. The summed E-state index contributed by atoms with van der Waals surface area (Å²) in [7, 11) is 0. The van der Waals surface area contributed by atoms with E-state index in [4.69, 9.17) is 5.26 Å². The Hall–Kier alpha value is -2.10. The van der Waals surface area contributed by atoms with E-state index >= 15 is 0 Å². The SMILES string of the molecule is N#Cc1cccc(CNC(=O)C(F)(F)C(F)F)c1. The van der Waals surface area contributed by atoms with Gasteiger partial charge in [0.15, 0.2) is 0 Å². The van der Waals surface area contributed by atoms with Gasteiger partial charge in [-0.25, -0.2) is 8.78 Å². The molecule has 0 aliphatic heterocycles. The third-order valence-corrected chi connectivity index (χ3v) is 2.09. The minimum atomic E-state index is -4.72. The highest BCUT2D eigenvalue weighted by atomic mass is 19.3. The van der Waals surface area contributed by atoms with Crippen LogP contribution in [0.15, 0.2) is 24.3 Å². The second-order valence-electron chi connectivity index (χ2n) is 3.42. The van der Waals surface area contributed by atoms with Crippen molar-refractivity contribution in [2.24, 2.45) is 0 Å². The van der Waals surface area contributed by atoms with Crippen LogP contribution in [-0.2, 0) is 11.3 Å². The fraction of sp³-hybridized carbons (Fsp3) is 0.273. The number of nitrogens with zero attached hydrogens (tertiary/aromatic N) is 1. The van der Waals surface area contributed by atoms with Crippen LogP contribution in [-0.4, -0.2) is 18.3 Å². The molecule has 1 rings (SSSR count). The molecular formula is C11H8F4N2O. The number of benzene rings is 1. The topological polar surface area (TPSA) is 52.9 Å². The Bertz CT molecular complexity index is 482. The summed E-state index contributed by atoms with van der Waals surface area (Å²) in [4.78, 5) is 10.8. The minimum absolute atomic E-state index is 0.280. The van der Waals surface area contributed by atoms with Crippen molar-refractivity contribution in [2.45, 2.75) is 18.9 Å². The van der Waals surface area contributed by atoms with Crippen LogP contribution in [0.25, 0.3) is 0 Å². The number of hydrogen-bond donors (Lipinski definition) is 1. The molecule has 0 unspecified atom stereocenters. The van der Waals surface area contributed by atoms with Crippen LogP contribution in [0.5, 0.6) is 0 Å². The molecule has 1 amide bonds. The first-order valence-corrected chi connectivity index (χ1v) is 4.81. The summed E-state index contributed by atoms with van der Waals surface area (Å²) in [5.41, 5.74) is 0.648. The Morgan fingerprint density at radius 1 is 1.44 bits per heavy atom. The highest BCUT2D eigenvalue weighted by molar-refractivity contribution is 5.83. The van der Waals surface area contributed by atoms with Crippen molar-refractivity contribution < 1.29 is 22.4 Å². The second kappa shape index (κ2) is 5.49. The van der Waals surface area contributed by atoms with E-state index in [2.05, 4.69) is 0 Å². The number of nitrogens with one attached hydrogen (secondary N) is 1. The van der Waals surface area contributed by atoms with Gasteiger partial charge in [0, 0.05) is 6.54 Å². The first-order chi connectivity index (χ1) is 8.37. The zero-order chi connectivity index (χ0) is 13.8. The largest absolute Gasteiger partial charge is 0.383 e. The average molecular weight is 260 g/mol. The molecule has 18 heavy (non-hydrogen) atoms. The summed E-state index contributed by atoms with van der Waals surface area (Å²) < 4.78 is 48.9. The Morgan fingerprint density at radius 3 is 2.67 bits per heavy atom. The van der Waals surface area contributed by atoms with Gasteiger partial charge in [0.2, 0.25) is 0 Å². The molecule has 0 fully saturated rings. The van der Waals surface area contributed by atoms with Crippen LogP contribution >= 0.6 is 0 Å². The molecule has 7 heteroatoms. The first kappa shape index (κ1) is 14.0. The van der Waals surface area contributed by atoms with Crippen molar-refractivity contribution in [3.63, 3.8) is 0 Å². The summed E-state index contributed by atoms with van der Waals surface area (Å²) >= 11 is 0. The van der Waals surface area contributed by atoms with Crippen molar-refractivity contribution in [1.82, 2.24) is 5.32 Å². The maximum Gasteiger partial charge on any atom is 0.383 e. The van der Waals surface area contributed by atoms with Gasteiger partial charge < -0.3 is 5.32 Å². The predicted molar refractivity (Wildman–Crippen MR) is 54.0 cm³/mol. The van der Waals surface area contributed by atoms with Gasteiger partial charge in [-0.1, -0.05) is 12.1 Å². The smallest absolute Gasteiger partial charge is 0.347 e. The molecule has 0 saturated heterocycles. The van der Waals surface area contributed by atoms with E-state index in [-0.39, 0.29) is 12.1 Å². The third kappa shape index (κ3) is 3.20. The minimum Gasteiger partial charge on any atom is -0.347 e. The van der Waals surface area contributed by atoms with Crippen LogP contribution in [0.2, 0.25) is 0 Å². The normalized spacial score (nSPS) is 11.1. The van der Waals surface area contributed by atoms with Gasteiger partial charge in [0.25, 0.3) is 5.91 Å². The van der Waals surface area contributed by atoms with Crippen molar-refractivity contribution in [1.29, 1.82) is 5.26 Å². The maximum absolute atomic E-state index is 12.6. The van der Waals surface area contributed by atoms with E-state index in [9.17, 15) is 22.4 Å². The fourth-order valence-corrected chi connectivity index (χ4v) is 1.15. The maximum atomic E-state index is 12.6. The van der Waals surface area contributed by atoms with Gasteiger partial charge in [-0.2, -0.15) is 14.0 Å². The van der Waals surface area contributed by atoms with Gasteiger partial charge in [0.1, 0.15) is 0 Å². The second-order valence-corrected chi connectivity index (χ2v) is 3.42. The molecule has 1 aromatic rings. The predicted octanol–water partition coefficient (Wildman–Crippen LogP) is 2.07. The summed E-state index contributed by atoms with van der Waals surface area (Å²) in [6.45, 7) is -0.351. The lowest BCUT2D eigenvalue weighted by molar-refractivity contribution is -0.169. The highest BCUT2D eigenvalue weighted by Crippen LogP contribution is 2.22. The van der Waals surface area contributed by atoms with E-state index in [1.807, 2.05) is 6.07 Å². The number of amides is 1. The zero-order valence-corrected chi connectivity index (χ0v) is 8.96. The molecule has 0 bridgehead atoms. The third-order valence-electron chi connectivity index (χ3n) is 2.09. The first-order valence-electron chi connectivity index (χ1n) is 4.81. The lowest BCUT2D eigenvalue weighted by Crippen LogP contribution is -2.44. The number of alkyl halides is 4. The average Bonchev–Trinajstić information content (AvgIpc) is 2.35. The molecule has 0 aromatic heterocycles. The van der Waals surface area contributed by atoms with Crippen molar-refractivity contribution in [3.05, 3.63) is 35.4 Å². The number of halogens is 4. The quantitative estimate of drug-likeness (QED) is 0.842. The van der Waals surface area contributed by atoms with Gasteiger partial charge >= 0.3 is 12.3 Å². The molecule has 1 aromatic carbocycles. The zero-order valence-electron chi connectivity index (χ0n) is 8.96. The monoisotopic (exact) mass is 260 g/mol. The van der Waals surface area contributed by atoms with E-state index in [0.717, 1.165) is 0 Å². The lowest BCUT2D eigenvalue weighted by atomic mass is 10.1. The van der Waals surface area contributed by atoms with E-state index in [1.165, 1.54) is 24.3 Å². The summed E-state index contributed by atoms with van der Waals surface area (Å²) in [5.74, 6) is -6.76. The van der Waals surface area contributed by atoms with Crippen molar-refractivity contribution in [3.8, 4) is 6.07 Å². The molecule has 1 N–H and O–H groups in total. The van der Waals surface area contributed by atoms with Crippen LogP contribution in [0.3, 0.4) is 0 Å². The molecule has 0 radical (unpaired) electrons. The van der Waals surface area contributed by atoms with Crippen LogP contribution < -0.4 is 5.32 Å². The van der Waals surface area contributed by atoms with Gasteiger partial charge in [-0.3, -0.25) is 4.79 Å². The summed E-state index contributed by atoms with van der Waals surface area (Å²) in [5, 5.41) is 10.3. The molecule has 0 aliphatic carbocycles. The standard InChI is InChI=1S/C11H8F4N2O/c12-9(13)11(14,15)10(18)17-6-8-3-1-2-7(4-8)5-16/h1-4,9H,6H2,(H,17,18). The number of rotatable bonds is 4. The molecule has 0 saturated carbocycles. The molecule has 0 atom stereocenters. The number of carbonyl (C=O) groups is 1. The Labute approximate surface area is 100 Å². The Balaban J connectivity index is 2.66. The van der Waals surface area contributed by atoms with Gasteiger partial charge in [-0.15, -0.1) is 0 Å². The molecule has 96 valence electrons. The Kier molecular flexibility index (Phi) is 4.26. The molecule has 3 nitrogen and oxygen atoms in total. The van der Waals surface area contributed by atoms with Crippen LogP contribution in [0, 0.1) is 11.3 Å². The summed E-state index contributed by atoms with van der Waals surface area (Å²) in [6, 6.07) is 7.63. The lowest BCUT2D eigenvalue weighted by Gasteiger charge is -2.14. The summed E-state index contributed by atoms with van der Waals surface area (Å²) in [6.07, 6.45) is -4.05. The molecule has 0 heterocycles. The molecule has 0 aliphatic rings. The van der Waals surface area contributed by atoms with Crippen molar-refractivity contribution in [2.75, 3.05) is 0 Å². The van der Waals surface area contributed by atoms with Crippen LogP contribution in [0.4, 0.5) is 17.6 Å². The van der Waals surface area contributed by atoms with Crippen LogP contribution in [0.1, 0.15) is 11.1 Å². The van der Waals surface area contributed by atoms with Gasteiger partial charge in [-0.05, 0) is 17.7 Å². The van der Waals surface area contributed by atoms with E-state index < -0.39 is 18.3 Å². The number of hydrogen-bond acceptors (Lipinski definition) is 2.